The molecule has 0 saturated carbocycles. The van der Waals surface area contributed by atoms with Crippen LogP contribution in [-0.2, 0) is 11.3 Å². The average molecular weight is 273 g/mol. The first-order valence-electron chi connectivity index (χ1n) is 5.99. The Bertz CT molecular complexity index is 520. The fourth-order valence-electron chi connectivity index (χ4n) is 1.48. The van der Waals surface area contributed by atoms with Gasteiger partial charge in [0.25, 0.3) is 0 Å². The maximum atomic E-state index is 11.4. The summed E-state index contributed by atoms with van der Waals surface area (Å²) in [6, 6.07) is 13.6. The summed E-state index contributed by atoms with van der Waals surface area (Å²) in [5.74, 6) is 0. The maximum Gasteiger partial charge on any atom is 0.407 e. The molecule has 0 spiro atoms. The molecule has 0 aliphatic heterocycles. The van der Waals surface area contributed by atoms with Crippen molar-refractivity contribution in [2.45, 2.75) is 6.61 Å². The van der Waals surface area contributed by atoms with E-state index in [1.165, 1.54) is 4.88 Å². The summed E-state index contributed by atoms with van der Waals surface area (Å²) in [6.07, 6.45) is 3.47. The summed E-state index contributed by atoms with van der Waals surface area (Å²) in [7, 11) is 0. The molecule has 1 aromatic carbocycles. The van der Waals surface area contributed by atoms with E-state index in [1.807, 2.05) is 60.0 Å². The molecule has 3 nitrogen and oxygen atoms in total. The minimum atomic E-state index is -0.403. The minimum absolute atomic E-state index is 0.293. The molecule has 1 N–H and O–H groups in total. The quantitative estimate of drug-likeness (QED) is 0.902. The van der Waals surface area contributed by atoms with Gasteiger partial charge in [-0.2, -0.15) is 0 Å². The maximum absolute atomic E-state index is 11.4. The number of thiophene rings is 1. The summed E-state index contributed by atoms with van der Waals surface area (Å²) in [6.45, 7) is 0.757. The summed E-state index contributed by atoms with van der Waals surface area (Å²) in [5.41, 5.74) is 0.978. The molecule has 0 aliphatic carbocycles. The first-order chi connectivity index (χ1) is 9.34. The Morgan fingerprint density at radius 1 is 1.21 bits per heavy atom. The van der Waals surface area contributed by atoms with Crippen molar-refractivity contribution < 1.29 is 9.53 Å². The molecular formula is C15H15NO2S. The van der Waals surface area contributed by atoms with Crippen LogP contribution in [0.3, 0.4) is 0 Å². The largest absolute Gasteiger partial charge is 0.445 e. The molecule has 0 unspecified atom stereocenters. The van der Waals surface area contributed by atoms with Crippen LogP contribution in [0.2, 0.25) is 0 Å². The molecule has 1 amide bonds. The zero-order chi connectivity index (χ0) is 13.3. The van der Waals surface area contributed by atoms with Crippen molar-refractivity contribution in [2.24, 2.45) is 0 Å². The van der Waals surface area contributed by atoms with Crippen LogP contribution in [0.25, 0.3) is 6.08 Å². The van der Waals surface area contributed by atoms with Crippen LogP contribution in [0, 0.1) is 0 Å². The number of hydrogen-bond donors (Lipinski definition) is 1. The first kappa shape index (κ1) is 13.4. The van der Waals surface area contributed by atoms with Crippen molar-refractivity contribution >= 4 is 23.5 Å². The van der Waals surface area contributed by atoms with Crippen LogP contribution in [0.15, 0.2) is 53.9 Å². The lowest BCUT2D eigenvalue weighted by atomic mass is 10.2. The van der Waals surface area contributed by atoms with E-state index in [-0.39, 0.29) is 0 Å². The number of nitrogens with one attached hydrogen (secondary N) is 1. The monoisotopic (exact) mass is 273 g/mol. The predicted molar refractivity (Wildman–Crippen MR) is 78.0 cm³/mol. The summed E-state index contributed by atoms with van der Waals surface area (Å²) < 4.78 is 5.08. The highest BCUT2D eigenvalue weighted by Crippen LogP contribution is 2.09. The Labute approximate surface area is 116 Å². The molecule has 2 aromatic rings. The highest BCUT2D eigenvalue weighted by Gasteiger charge is 1.99. The fraction of sp³-hybridized carbons (Fsp3) is 0.133. The van der Waals surface area contributed by atoms with Gasteiger partial charge >= 0.3 is 6.09 Å². The molecule has 0 radical (unpaired) electrons. The van der Waals surface area contributed by atoms with Gasteiger partial charge in [0.15, 0.2) is 0 Å². The summed E-state index contributed by atoms with van der Waals surface area (Å²) in [4.78, 5) is 12.6. The van der Waals surface area contributed by atoms with Crippen LogP contribution in [0.1, 0.15) is 10.4 Å². The third-order valence-corrected chi connectivity index (χ3v) is 3.24. The second kappa shape index (κ2) is 7.38. The molecule has 0 atom stereocenters. The van der Waals surface area contributed by atoms with Crippen molar-refractivity contribution in [2.75, 3.05) is 6.54 Å². The highest BCUT2D eigenvalue weighted by molar-refractivity contribution is 7.10. The number of hydrogen-bond acceptors (Lipinski definition) is 3. The second-order valence-corrected chi connectivity index (χ2v) is 4.84. The molecule has 2 rings (SSSR count). The van der Waals surface area contributed by atoms with Gasteiger partial charge in [-0.15, -0.1) is 11.3 Å². The van der Waals surface area contributed by atoms with Gasteiger partial charge < -0.3 is 10.1 Å². The zero-order valence-electron chi connectivity index (χ0n) is 10.4. The average Bonchev–Trinajstić information content (AvgIpc) is 2.96. The van der Waals surface area contributed by atoms with E-state index < -0.39 is 6.09 Å². The van der Waals surface area contributed by atoms with Crippen LogP contribution in [0.5, 0.6) is 0 Å². The van der Waals surface area contributed by atoms with Crippen molar-refractivity contribution in [3.63, 3.8) is 0 Å². The molecule has 0 bridgehead atoms. The predicted octanol–water partition coefficient (Wildman–Crippen LogP) is 3.69. The van der Waals surface area contributed by atoms with E-state index in [9.17, 15) is 4.79 Å². The molecule has 1 heterocycles. The van der Waals surface area contributed by atoms with Gasteiger partial charge in [0, 0.05) is 11.4 Å². The molecule has 0 fully saturated rings. The lowest BCUT2D eigenvalue weighted by molar-refractivity contribution is 0.141. The number of benzene rings is 1. The van der Waals surface area contributed by atoms with Gasteiger partial charge in [-0.05, 0) is 23.1 Å². The van der Waals surface area contributed by atoms with Crippen LogP contribution >= 0.6 is 11.3 Å². The molecule has 19 heavy (non-hydrogen) atoms. The second-order valence-electron chi connectivity index (χ2n) is 3.86. The number of rotatable bonds is 5. The Balaban J connectivity index is 1.65. The molecule has 0 saturated heterocycles. The van der Waals surface area contributed by atoms with Crippen LogP contribution in [-0.4, -0.2) is 12.6 Å². The minimum Gasteiger partial charge on any atom is -0.445 e. The Morgan fingerprint density at radius 3 is 2.79 bits per heavy atom. The standard InChI is InChI=1S/C15H15NO2S/c17-15(18-12-13-6-2-1-3-7-13)16-10-4-8-14-9-5-11-19-14/h1-9,11H,10,12H2,(H,16,17). The lowest BCUT2D eigenvalue weighted by Gasteiger charge is -2.04. The van der Waals surface area contributed by atoms with Crippen molar-refractivity contribution in [3.8, 4) is 0 Å². The Hall–Kier alpha value is -2.07. The Morgan fingerprint density at radius 2 is 2.05 bits per heavy atom. The van der Waals surface area contributed by atoms with Gasteiger partial charge in [0.1, 0.15) is 6.61 Å². The molecule has 1 aromatic heterocycles. The Kier molecular flexibility index (Phi) is 5.19. The van der Waals surface area contributed by atoms with Gasteiger partial charge in [-0.3, -0.25) is 0 Å². The summed E-state index contributed by atoms with van der Waals surface area (Å²) in [5, 5.41) is 4.69. The van der Waals surface area contributed by atoms with E-state index in [1.54, 1.807) is 11.3 Å². The molecule has 0 aliphatic rings. The number of ether oxygens (including phenoxy) is 1. The van der Waals surface area contributed by atoms with Gasteiger partial charge in [0.2, 0.25) is 0 Å². The number of alkyl carbamates (subject to hydrolysis) is 1. The first-order valence-corrected chi connectivity index (χ1v) is 6.87. The van der Waals surface area contributed by atoms with Crippen LogP contribution in [0.4, 0.5) is 4.79 Å². The van der Waals surface area contributed by atoms with Gasteiger partial charge in [-0.1, -0.05) is 42.5 Å². The zero-order valence-corrected chi connectivity index (χ0v) is 11.2. The molecular weight excluding hydrogens is 258 g/mol. The van der Waals surface area contributed by atoms with Crippen LogP contribution < -0.4 is 5.32 Å². The van der Waals surface area contributed by atoms with Gasteiger partial charge in [-0.25, -0.2) is 4.79 Å². The van der Waals surface area contributed by atoms with E-state index in [0.29, 0.717) is 13.2 Å². The van der Waals surface area contributed by atoms with E-state index in [2.05, 4.69) is 5.32 Å². The van der Waals surface area contributed by atoms with E-state index in [4.69, 9.17) is 4.74 Å². The van der Waals surface area contributed by atoms with E-state index in [0.717, 1.165) is 5.56 Å². The third-order valence-electron chi connectivity index (χ3n) is 2.40. The smallest absolute Gasteiger partial charge is 0.407 e. The van der Waals surface area contributed by atoms with Crippen molar-refractivity contribution in [1.82, 2.24) is 5.32 Å². The highest BCUT2D eigenvalue weighted by atomic mass is 32.1. The van der Waals surface area contributed by atoms with Crippen molar-refractivity contribution in [3.05, 3.63) is 64.4 Å². The van der Waals surface area contributed by atoms with Gasteiger partial charge in [0.05, 0.1) is 0 Å². The topological polar surface area (TPSA) is 38.3 Å². The summed E-state index contributed by atoms with van der Waals surface area (Å²) >= 11 is 1.66. The number of amides is 1. The third kappa shape index (κ3) is 4.97. The lowest BCUT2D eigenvalue weighted by Crippen LogP contribution is -2.24. The normalized spacial score (nSPS) is 10.5. The fourth-order valence-corrected chi connectivity index (χ4v) is 2.12. The number of carbonyl (C=O) groups is 1. The number of carbonyl (C=O) groups excluding carboxylic acids is 1. The molecule has 4 heteroatoms. The van der Waals surface area contributed by atoms with E-state index >= 15 is 0 Å². The van der Waals surface area contributed by atoms with Crippen molar-refractivity contribution in [1.29, 1.82) is 0 Å². The molecule has 98 valence electrons. The SMILES string of the molecule is O=C(NCC=Cc1cccs1)OCc1ccccc1.